The highest BCUT2D eigenvalue weighted by atomic mass is 28.4. The maximum atomic E-state index is 5.74. The molecule has 0 bridgehead atoms. The number of hydrogen-bond acceptors (Lipinski definition) is 2. The van der Waals surface area contributed by atoms with Gasteiger partial charge >= 0.3 is 0 Å². The van der Waals surface area contributed by atoms with Gasteiger partial charge in [0.2, 0.25) is 0 Å². The Morgan fingerprint density at radius 3 is 2.73 bits per heavy atom. The highest BCUT2D eigenvalue weighted by molar-refractivity contribution is 6.71. The first kappa shape index (κ1) is 9.23. The Kier molecular flexibility index (Phi) is 3.10. The summed E-state index contributed by atoms with van der Waals surface area (Å²) in [6.07, 6.45) is 2.49. The molecule has 1 saturated heterocycles. The van der Waals surface area contributed by atoms with Crippen LogP contribution in [0.5, 0.6) is 0 Å². The van der Waals surface area contributed by atoms with Gasteiger partial charge in [0.25, 0.3) is 0 Å². The molecule has 1 fully saturated rings. The lowest BCUT2D eigenvalue weighted by Gasteiger charge is -2.36. The van der Waals surface area contributed by atoms with Crippen LogP contribution in [0.2, 0.25) is 13.1 Å². The Morgan fingerprint density at radius 2 is 2.18 bits per heavy atom. The van der Waals surface area contributed by atoms with Crippen LogP contribution in [0.3, 0.4) is 0 Å². The summed E-state index contributed by atoms with van der Waals surface area (Å²) in [5.41, 5.74) is 0. The molecule has 0 radical (unpaired) electrons. The first-order valence-corrected chi connectivity index (χ1v) is 7.62. The van der Waals surface area contributed by atoms with Gasteiger partial charge in [-0.05, 0) is 26.1 Å². The fraction of sp³-hybridized carbons (Fsp3) is 1.00. The predicted molar refractivity (Wildman–Crippen MR) is 50.2 cm³/mol. The second-order valence-corrected chi connectivity index (χ2v) is 8.01. The fourth-order valence-electron chi connectivity index (χ4n) is 1.62. The van der Waals surface area contributed by atoms with Gasteiger partial charge < -0.3 is 9.33 Å². The average molecular weight is 173 g/mol. The van der Waals surface area contributed by atoms with Crippen molar-refractivity contribution >= 4 is 8.32 Å². The summed E-state index contributed by atoms with van der Waals surface area (Å²) in [4.78, 5) is 2.54. The zero-order chi connectivity index (χ0) is 8.32. The molecule has 0 N–H and O–H groups in total. The van der Waals surface area contributed by atoms with Crippen molar-refractivity contribution in [3.63, 3.8) is 0 Å². The van der Waals surface area contributed by atoms with E-state index in [4.69, 9.17) is 4.43 Å². The summed E-state index contributed by atoms with van der Waals surface area (Å²) in [6.45, 7) is 10.2. The minimum Gasteiger partial charge on any atom is -0.415 e. The van der Waals surface area contributed by atoms with Crippen LogP contribution in [-0.2, 0) is 4.43 Å². The van der Waals surface area contributed by atoms with Gasteiger partial charge in [0.15, 0.2) is 8.32 Å². The van der Waals surface area contributed by atoms with Crippen molar-refractivity contribution in [1.82, 2.24) is 4.90 Å². The summed E-state index contributed by atoms with van der Waals surface area (Å²) >= 11 is 0. The predicted octanol–water partition coefficient (Wildman–Crippen LogP) is 1.47. The van der Waals surface area contributed by atoms with E-state index in [-0.39, 0.29) is 0 Å². The molecule has 0 unspecified atom stereocenters. The third-order valence-corrected chi connectivity index (χ3v) is 4.24. The molecule has 11 heavy (non-hydrogen) atoms. The zero-order valence-corrected chi connectivity index (χ0v) is 8.89. The fourth-order valence-corrected chi connectivity index (χ4v) is 3.75. The standard InChI is InChI=1S/C8H19NOSi/c1-4-5-9-6-7-10-11(2,3)8-9/h4-8H2,1-3H3. The maximum Gasteiger partial charge on any atom is 0.200 e. The molecular formula is C8H19NOSi. The topological polar surface area (TPSA) is 12.5 Å². The second kappa shape index (κ2) is 3.69. The molecule has 1 aliphatic heterocycles. The van der Waals surface area contributed by atoms with E-state index in [2.05, 4.69) is 24.9 Å². The van der Waals surface area contributed by atoms with Crippen molar-refractivity contribution in [1.29, 1.82) is 0 Å². The molecule has 0 aromatic rings. The monoisotopic (exact) mass is 173 g/mol. The lowest BCUT2D eigenvalue weighted by molar-refractivity contribution is 0.173. The van der Waals surface area contributed by atoms with Crippen molar-refractivity contribution in [2.45, 2.75) is 26.4 Å². The molecule has 2 nitrogen and oxygen atoms in total. The molecule has 0 aromatic carbocycles. The average Bonchev–Trinajstić information content (AvgIpc) is 1.85. The van der Waals surface area contributed by atoms with Gasteiger partial charge in [0, 0.05) is 19.3 Å². The van der Waals surface area contributed by atoms with Gasteiger partial charge in [-0.2, -0.15) is 0 Å². The smallest absolute Gasteiger partial charge is 0.200 e. The van der Waals surface area contributed by atoms with Gasteiger partial charge in [-0.1, -0.05) is 6.92 Å². The Hall–Kier alpha value is 0.137. The quantitative estimate of drug-likeness (QED) is 0.586. The normalized spacial score (nSPS) is 25.4. The van der Waals surface area contributed by atoms with Crippen LogP contribution in [0, 0.1) is 0 Å². The Labute approximate surface area is 70.7 Å². The van der Waals surface area contributed by atoms with E-state index in [1.54, 1.807) is 0 Å². The van der Waals surface area contributed by atoms with Gasteiger partial charge in [-0.15, -0.1) is 0 Å². The first-order valence-electron chi connectivity index (χ1n) is 4.50. The van der Waals surface area contributed by atoms with Crippen LogP contribution in [0.1, 0.15) is 13.3 Å². The van der Waals surface area contributed by atoms with Gasteiger partial charge in [0.1, 0.15) is 0 Å². The van der Waals surface area contributed by atoms with E-state index >= 15 is 0 Å². The van der Waals surface area contributed by atoms with Crippen LogP contribution in [0.25, 0.3) is 0 Å². The van der Waals surface area contributed by atoms with Crippen molar-refractivity contribution in [2.24, 2.45) is 0 Å². The molecule has 0 saturated carbocycles. The number of nitrogens with zero attached hydrogens (tertiary/aromatic N) is 1. The largest absolute Gasteiger partial charge is 0.415 e. The lowest BCUT2D eigenvalue weighted by Crippen LogP contribution is -2.52. The molecular weight excluding hydrogens is 154 g/mol. The van der Waals surface area contributed by atoms with Crippen LogP contribution >= 0.6 is 0 Å². The second-order valence-electron chi connectivity index (χ2n) is 3.88. The van der Waals surface area contributed by atoms with Crippen molar-refractivity contribution in [3.05, 3.63) is 0 Å². The summed E-state index contributed by atoms with van der Waals surface area (Å²) < 4.78 is 5.74. The molecule has 66 valence electrons. The minimum absolute atomic E-state index is 0.958. The van der Waals surface area contributed by atoms with Crippen molar-refractivity contribution in [3.8, 4) is 0 Å². The summed E-state index contributed by atoms with van der Waals surface area (Å²) in [6, 6.07) is 0. The third-order valence-electron chi connectivity index (χ3n) is 2.04. The van der Waals surface area contributed by atoms with E-state index in [0.29, 0.717) is 0 Å². The van der Waals surface area contributed by atoms with Gasteiger partial charge in [-0.3, -0.25) is 0 Å². The van der Waals surface area contributed by atoms with Crippen molar-refractivity contribution in [2.75, 3.05) is 25.9 Å². The Bertz CT molecular complexity index is 125. The number of rotatable bonds is 2. The Morgan fingerprint density at radius 1 is 1.45 bits per heavy atom. The van der Waals surface area contributed by atoms with E-state index in [1.165, 1.54) is 19.1 Å². The Balaban J connectivity index is 2.34. The third kappa shape index (κ3) is 2.93. The van der Waals surface area contributed by atoms with E-state index in [9.17, 15) is 0 Å². The molecule has 0 atom stereocenters. The highest BCUT2D eigenvalue weighted by Gasteiger charge is 2.29. The zero-order valence-electron chi connectivity index (χ0n) is 7.89. The van der Waals surface area contributed by atoms with Crippen LogP contribution in [0.15, 0.2) is 0 Å². The van der Waals surface area contributed by atoms with Gasteiger partial charge in [-0.25, -0.2) is 0 Å². The summed E-state index contributed by atoms with van der Waals surface area (Å²) in [5.74, 6) is 0. The molecule has 0 aromatic heterocycles. The van der Waals surface area contributed by atoms with E-state index in [0.717, 1.165) is 13.2 Å². The lowest BCUT2D eigenvalue weighted by atomic mass is 10.4. The highest BCUT2D eigenvalue weighted by Crippen LogP contribution is 2.12. The minimum atomic E-state index is -1.26. The molecule has 0 aliphatic carbocycles. The molecule has 3 heteroatoms. The molecule has 1 aliphatic rings. The number of hydrogen-bond donors (Lipinski definition) is 0. The van der Waals surface area contributed by atoms with Crippen LogP contribution in [-0.4, -0.2) is 39.1 Å². The van der Waals surface area contributed by atoms with E-state index in [1.807, 2.05) is 0 Å². The molecule has 1 rings (SSSR count). The van der Waals surface area contributed by atoms with E-state index < -0.39 is 8.32 Å². The van der Waals surface area contributed by atoms with Gasteiger partial charge in [0.05, 0.1) is 0 Å². The maximum absolute atomic E-state index is 5.74. The van der Waals surface area contributed by atoms with Crippen LogP contribution in [0.4, 0.5) is 0 Å². The molecule has 0 spiro atoms. The van der Waals surface area contributed by atoms with Crippen molar-refractivity contribution < 1.29 is 4.43 Å². The molecule has 1 heterocycles. The SMILES string of the molecule is CCCN1CCO[Si](C)(C)C1. The first-order chi connectivity index (χ1) is 5.14. The summed E-state index contributed by atoms with van der Waals surface area (Å²) in [5, 5.41) is 0. The summed E-state index contributed by atoms with van der Waals surface area (Å²) in [7, 11) is -1.26. The molecule has 0 amide bonds. The van der Waals surface area contributed by atoms with Crippen LogP contribution < -0.4 is 0 Å².